The van der Waals surface area contributed by atoms with Crippen LogP contribution >= 0.6 is 11.6 Å². The Labute approximate surface area is 141 Å². The molecule has 0 fully saturated rings. The third-order valence-corrected chi connectivity index (χ3v) is 4.23. The second-order valence-electron chi connectivity index (χ2n) is 5.51. The highest BCUT2D eigenvalue weighted by molar-refractivity contribution is 6.31. The Balaban J connectivity index is 1.50. The lowest BCUT2D eigenvalue weighted by atomic mass is 10.1. The molecule has 0 radical (unpaired) electrons. The van der Waals surface area contributed by atoms with Crippen molar-refractivity contribution >= 4 is 11.6 Å². The number of nitrogens with zero attached hydrogens (tertiary/aromatic N) is 2. The fourth-order valence-electron chi connectivity index (χ4n) is 2.51. The Bertz CT molecular complexity index is 749. The maximum absolute atomic E-state index is 6.17. The fourth-order valence-corrected chi connectivity index (χ4v) is 2.68. The molecule has 4 nitrogen and oxygen atoms in total. The first-order chi connectivity index (χ1) is 11.2. The quantitative estimate of drug-likeness (QED) is 0.658. The van der Waals surface area contributed by atoms with E-state index in [0.717, 1.165) is 53.7 Å². The molecule has 120 valence electrons. The summed E-state index contributed by atoms with van der Waals surface area (Å²) in [5.41, 5.74) is 2.09. The average Bonchev–Trinajstić information content (AvgIpc) is 3.21. The van der Waals surface area contributed by atoms with Gasteiger partial charge in [0.25, 0.3) is 0 Å². The molecule has 1 N–H and O–H groups in total. The molecule has 0 aliphatic heterocycles. The number of aromatic nitrogens is 2. The van der Waals surface area contributed by atoms with Crippen LogP contribution in [-0.2, 0) is 13.1 Å². The SMILES string of the molecule is Cc1c(Cl)cccc1-c1ccc(CNCCCn2ccnc2)o1. The highest BCUT2D eigenvalue weighted by Gasteiger charge is 2.09. The number of aryl methyl sites for hydroxylation is 1. The molecule has 0 amide bonds. The van der Waals surface area contributed by atoms with Crippen LogP contribution in [0.1, 0.15) is 17.7 Å². The average molecular weight is 330 g/mol. The summed E-state index contributed by atoms with van der Waals surface area (Å²) in [6.07, 6.45) is 6.67. The molecule has 23 heavy (non-hydrogen) atoms. The molecule has 1 aromatic carbocycles. The predicted molar refractivity (Wildman–Crippen MR) is 92.4 cm³/mol. The first-order valence-corrected chi connectivity index (χ1v) is 8.12. The van der Waals surface area contributed by atoms with Gasteiger partial charge in [-0.25, -0.2) is 4.98 Å². The molecule has 2 aromatic heterocycles. The molecule has 0 aliphatic rings. The Morgan fingerprint density at radius 1 is 1.26 bits per heavy atom. The van der Waals surface area contributed by atoms with Gasteiger partial charge in [0.2, 0.25) is 0 Å². The van der Waals surface area contributed by atoms with Crippen LogP contribution in [0.5, 0.6) is 0 Å². The topological polar surface area (TPSA) is 43.0 Å². The zero-order valence-electron chi connectivity index (χ0n) is 13.1. The van der Waals surface area contributed by atoms with E-state index in [9.17, 15) is 0 Å². The van der Waals surface area contributed by atoms with Gasteiger partial charge in [-0.3, -0.25) is 0 Å². The summed E-state index contributed by atoms with van der Waals surface area (Å²) in [6, 6.07) is 9.88. The number of nitrogens with one attached hydrogen (secondary N) is 1. The van der Waals surface area contributed by atoms with Crippen LogP contribution in [0.15, 0.2) is 53.5 Å². The lowest BCUT2D eigenvalue weighted by Crippen LogP contribution is -2.15. The smallest absolute Gasteiger partial charge is 0.134 e. The van der Waals surface area contributed by atoms with Gasteiger partial charge in [-0.15, -0.1) is 0 Å². The van der Waals surface area contributed by atoms with Crippen molar-refractivity contribution in [2.45, 2.75) is 26.4 Å². The van der Waals surface area contributed by atoms with E-state index >= 15 is 0 Å². The van der Waals surface area contributed by atoms with Gasteiger partial charge in [0.1, 0.15) is 11.5 Å². The number of hydrogen-bond acceptors (Lipinski definition) is 3. The van der Waals surface area contributed by atoms with Gasteiger partial charge < -0.3 is 14.3 Å². The monoisotopic (exact) mass is 329 g/mol. The molecule has 0 atom stereocenters. The van der Waals surface area contributed by atoms with Gasteiger partial charge in [-0.2, -0.15) is 0 Å². The van der Waals surface area contributed by atoms with Gasteiger partial charge in [0.15, 0.2) is 0 Å². The number of furan rings is 1. The molecule has 0 bridgehead atoms. The Kier molecular flexibility index (Phi) is 5.16. The summed E-state index contributed by atoms with van der Waals surface area (Å²) in [6.45, 7) is 4.64. The summed E-state index contributed by atoms with van der Waals surface area (Å²) in [4.78, 5) is 4.03. The molecule has 0 saturated carbocycles. The Hall–Kier alpha value is -2.04. The standard InChI is InChI=1S/C18H20ClN3O/c1-14-16(4-2-5-17(14)19)18-7-6-15(23-18)12-20-8-3-10-22-11-9-21-13-22/h2,4-7,9,11,13,20H,3,8,10,12H2,1H3. The third kappa shape index (κ3) is 4.03. The van der Waals surface area contributed by atoms with Crippen molar-refractivity contribution in [3.8, 4) is 11.3 Å². The molecular formula is C18H20ClN3O. The minimum atomic E-state index is 0.726. The van der Waals surface area contributed by atoms with Crippen molar-refractivity contribution in [1.82, 2.24) is 14.9 Å². The highest BCUT2D eigenvalue weighted by Crippen LogP contribution is 2.29. The van der Waals surface area contributed by atoms with E-state index in [1.54, 1.807) is 6.20 Å². The molecule has 0 saturated heterocycles. The second-order valence-corrected chi connectivity index (χ2v) is 5.92. The lowest BCUT2D eigenvalue weighted by molar-refractivity contribution is 0.484. The second kappa shape index (κ2) is 7.49. The van der Waals surface area contributed by atoms with E-state index in [4.69, 9.17) is 16.0 Å². The van der Waals surface area contributed by atoms with Crippen molar-refractivity contribution < 1.29 is 4.42 Å². The van der Waals surface area contributed by atoms with E-state index in [1.165, 1.54) is 0 Å². The minimum Gasteiger partial charge on any atom is -0.460 e. The predicted octanol–water partition coefficient (Wildman–Crippen LogP) is 4.28. The van der Waals surface area contributed by atoms with Gasteiger partial charge >= 0.3 is 0 Å². The van der Waals surface area contributed by atoms with Gasteiger partial charge in [0.05, 0.1) is 12.9 Å². The van der Waals surface area contributed by atoms with Crippen molar-refractivity contribution in [2.24, 2.45) is 0 Å². The van der Waals surface area contributed by atoms with Gasteiger partial charge in [0, 0.05) is 29.5 Å². The Morgan fingerprint density at radius 2 is 2.17 bits per heavy atom. The largest absolute Gasteiger partial charge is 0.460 e. The van der Waals surface area contributed by atoms with Crippen LogP contribution in [0.2, 0.25) is 5.02 Å². The molecule has 0 spiro atoms. The van der Waals surface area contributed by atoms with Crippen LogP contribution in [0, 0.1) is 6.92 Å². The van der Waals surface area contributed by atoms with E-state index in [2.05, 4.69) is 14.9 Å². The van der Waals surface area contributed by atoms with Crippen molar-refractivity contribution in [3.05, 3.63) is 65.4 Å². The number of halogens is 1. The fraction of sp³-hybridized carbons (Fsp3) is 0.278. The van der Waals surface area contributed by atoms with Crippen molar-refractivity contribution in [1.29, 1.82) is 0 Å². The third-order valence-electron chi connectivity index (χ3n) is 3.82. The molecule has 0 unspecified atom stereocenters. The summed E-state index contributed by atoms with van der Waals surface area (Å²) in [5, 5.41) is 4.16. The summed E-state index contributed by atoms with van der Waals surface area (Å²) in [7, 11) is 0. The van der Waals surface area contributed by atoms with Crippen LogP contribution < -0.4 is 5.32 Å². The maximum atomic E-state index is 6.17. The van der Waals surface area contributed by atoms with Crippen molar-refractivity contribution in [3.63, 3.8) is 0 Å². The van der Waals surface area contributed by atoms with E-state index < -0.39 is 0 Å². The first kappa shape index (κ1) is 15.8. The number of rotatable bonds is 7. The van der Waals surface area contributed by atoms with E-state index in [1.807, 2.05) is 49.8 Å². The summed E-state index contributed by atoms with van der Waals surface area (Å²) < 4.78 is 8.00. The van der Waals surface area contributed by atoms with Crippen molar-refractivity contribution in [2.75, 3.05) is 6.54 Å². The van der Waals surface area contributed by atoms with Crippen LogP contribution in [-0.4, -0.2) is 16.1 Å². The van der Waals surface area contributed by atoms with Gasteiger partial charge in [-0.05, 0) is 43.7 Å². The zero-order chi connectivity index (χ0) is 16.1. The summed E-state index contributed by atoms with van der Waals surface area (Å²) >= 11 is 6.17. The van der Waals surface area contributed by atoms with Gasteiger partial charge in [-0.1, -0.05) is 23.7 Å². The Morgan fingerprint density at radius 3 is 3.00 bits per heavy atom. The molecule has 0 aliphatic carbocycles. The zero-order valence-corrected chi connectivity index (χ0v) is 13.9. The molecule has 3 rings (SSSR count). The molecule has 3 aromatic rings. The van der Waals surface area contributed by atoms with E-state index in [-0.39, 0.29) is 0 Å². The maximum Gasteiger partial charge on any atom is 0.134 e. The van der Waals surface area contributed by atoms with E-state index in [0.29, 0.717) is 0 Å². The first-order valence-electron chi connectivity index (χ1n) is 7.74. The molecule has 2 heterocycles. The lowest BCUT2D eigenvalue weighted by Gasteiger charge is -2.05. The highest BCUT2D eigenvalue weighted by atomic mass is 35.5. The molecular weight excluding hydrogens is 310 g/mol. The number of benzene rings is 1. The number of hydrogen-bond donors (Lipinski definition) is 1. The van der Waals surface area contributed by atoms with Crippen LogP contribution in [0.3, 0.4) is 0 Å². The minimum absolute atomic E-state index is 0.726. The summed E-state index contributed by atoms with van der Waals surface area (Å²) in [5.74, 6) is 1.79. The normalized spacial score (nSPS) is 11.0. The number of imidazole rings is 1. The van der Waals surface area contributed by atoms with Crippen LogP contribution in [0.25, 0.3) is 11.3 Å². The van der Waals surface area contributed by atoms with Crippen LogP contribution in [0.4, 0.5) is 0 Å². The molecule has 5 heteroatoms.